The van der Waals surface area contributed by atoms with E-state index in [0.29, 0.717) is 37.6 Å². The van der Waals surface area contributed by atoms with Crippen LogP contribution in [0.15, 0.2) is 18.2 Å². The van der Waals surface area contributed by atoms with E-state index in [9.17, 15) is 9.18 Å². The van der Waals surface area contributed by atoms with Gasteiger partial charge in [-0.3, -0.25) is 4.90 Å². The Balaban J connectivity index is 1.66. The number of rotatable bonds is 5. The molecule has 3 N–H and O–H groups in total. The maximum absolute atomic E-state index is 14.4. The van der Waals surface area contributed by atoms with Gasteiger partial charge in [0.25, 0.3) is 0 Å². The third-order valence-corrected chi connectivity index (χ3v) is 4.29. The van der Waals surface area contributed by atoms with E-state index in [1.54, 1.807) is 19.2 Å². The molecule has 1 atom stereocenters. The molecular formula is C15H19FN4O3S. The fourth-order valence-electron chi connectivity index (χ4n) is 2.76. The molecule has 130 valence electrons. The molecular weight excluding hydrogens is 335 g/mol. The van der Waals surface area contributed by atoms with Gasteiger partial charge in [-0.2, -0.15) is 0 Å². The second kappa shape index (κ2) is 6.78. The SMILES string of the molecule is COC1CN(c2ccc(N3CC(CNC(N)=S)OC3=O)cc2F)C1. The highest BCUT2D eigenvalue weighted by atomic mass is 32.1. The van der Waals surface area contributed by atoms with Crippen molar-refractivity contribution in [3.63, 3.8) is 0 Å². The molecule has 0 spiro atoms. The van der Waals surface area contributed by atoms with Crippen LogP contribution in [0.1, 0.15) is 0 Å². The van der Waals surface area contributed by atoms with Gasteiger partial charge in [0.2, 0.25) is 0 Å². The van der Waals surface area contributed by atoms with Crippen molar-refractivity contribution in [2.75, 3.05) is 43.1 Å². The van der Waals surface area contributed by atoms with E-state index in [1.165, 1.54) is 11.0 Å². The number of hydrogen-bond donors (Lipinski definition) is 2. The summed E-state index contributed by atoms with van der Waals surface area (Å²) in [6, 6.07) is 4.73. The van der Waals surface area contributed by atoms with Crippen molar-refractivity contribution in [3.05, 3.63) is 24.0 Å². The lowest BCUT2D eigenvalue weighted by Gasteiger charge is -2.40. The summed E-state index contributed by atoms with van der Waals surface area (Å²) in [6.07, 6.45) is -0.764. The van der Waals surface area contributed by atoms with Crippen LogP contribution in [0.3, 0.4) is 0 Å². The molecule has 2 heterocycles. The summed E-state index contributed by atoms with van der Waals surface area (Å²) in [6.45, 7) is 1.95. The molecule has 0 bridgehead atoms. The lowest BCUT2D eigenvalue weighted by atomic mass is 10.1. The molecule has 1 unspecified atom stereocenters. The van der Waals surface area contributed by atoms with E-state index in [-0.39, 0.29) is 23.1 Å². The van der Waals surface area contributed by atoms with E-state index in [4.69, 9.17) is 27.4 Å². The second-order valence-corrected chi connectivity index (χ2v) is 6.20. The van der Waals surface area contributed by atoms with E-state index in [1.807, 2.05) is 4.90 Å². The molecule has 2 saturated heterocycles. The molecule has 1 aromatic carbocycles. The predicted molar refractivity (Wildman–Crippen MR) is 91.8 cm³/mol. The molecule has 1 aromatic rings. The fraction of sp³-hybridized carbons (Fsp3) is 0.467. The first-order valence-corrected chi connectivity index (χ1v) is 7.97. The van der Waals surface area contributed by atoms with E-state index < -0.39 is 6.09 Å². The highest BCUT2D eigenvalue weighted by Crippen LogP contribution is 2.30. The Morgan fingerprint density at radius 1 is 1.50 bits per heavy atom. The zero-order valence-electron chi connectivity index (χ0n) is 13.2. The highest BCUT2D eigenvalue weighted by molar-refractivity contribution is 7.80. The lowest BCUT2D eigenvalue weighted by molar-refractivity contribution is 0.0784. The average molecular weight is 354 g/mol. The summed E-state index contributed by atoms with van der Waals surface area (Å²) in [5.74, 6) is -0.375. The maximum Gasteiger partial charge on any atom is 0.414 e. The number of cyclic esters (lactones) is 1. The van der Waals surface area contributed by atoms with Gasteiger partial charge >= 0.3 is 6.09 Å². The Morgan fingerprint density at radius 2 is 2.25 bits per heavy atom. The summed E-state index contributed by atoms with van der Waals surface area (Å²) in [5, 5.41) is 2.90. The first-order chi connectivity index (χ1) is 11.5. The van der Waals surface area contributed by atoms with Crippen molar-refractivity contribution in [2.24, 2.45) is 5.73 Å². The van der Waals surface area contributed by atoms with Gasteiger partial charge in [-0.1, -0.05) is 0 Å². The van der Waals surface area contributed by atoms with Crippen molar-refractivity contribution in [1.82, 2.24) is 5.32 Å². The Morgan fingerprint density at radius 3 is 2.88 bits per heavy atom. The number of hydrogen-bond acceptors (Lipinski definition) is 5. The number of anilines is 2. The molecule has 0 aliphatic carbocycles. The fourth-order valence-corrected chi connectivity index (χ4v) is 2.84. The monoisotopic (exact) mass is 354 g/mol. The molecule has 2 fully saturated rings. The van der Waals surface area contributed by atoms with Crippen molar-refractivity contribution in [3.8, 4) is 0 Å². The highest BCUT2D eigenvalue weighted by Gasteiger charge is 2.33. The van der Waals surface area contributed by atoms with Crippen molar-refractivity contribution in [1.29, 1.82) is 0 Å². The molecule has 2 aliphatic rings. The smallest absolute Gasteiger partial charge is 0.414 e. The molecule has 3 rings (SSSR count). The van der Waals surface area contributed by atoms with Gasteiger partial charge in [-0.25, -0.2) is 9.18 Å². The van der Waals surface area contributed by atoms with Crippen LogP contribution >= 0.6 is 12.2 Å². The number of nitrogens with two attached hydrogens (primary N) is 1. The zero-order valence-corrected chi connectivity index (χ0v) is 14.0. The first kappa shape index (κ1) is 16.7. The van der Waals surface area contributed by atoms with Crippen molar-refractivity contribution in [2.45, 2.75) is 12.2 Å². The van der Waals surface area contributed by atoms with Gasteiger partial charge in [0.1, 0.15) is 11.9 Å². The lowest BCUT2D eigenvalue weighted by Crippen LogP contribution is -2.52. The van der Waals surface area contributed by atoms with Gasteiger partial charge in [0.15, 0.2) is 5.11 Å². The number of nitrogens with zero attached hydrogens (tertiary/aromatic N) is 2. The van der Waals surface area contributed by atoms with Crippen molar-refractivity contribution < 1.29 is 18.7 Å². The van der Waals surface area contributed by atoms with E-state index in [2.05, 4.69) is 5.32 Å². The predicted octanol–water partition coefficient (Wildman–Crippen LogP) is 0.819. The molecule has 9 heteroatoms. The summed E-state index contributed by atoms with van der Waals surface area (Å²) in [4.78, 5) is 15.3. The molecule has 1 amide bonds. The van der Waals surface area contributed by atoms with Crippen LogP contribution < -0.4 is 20.9 Å². The average Bonchev–Trinajstić information content (AvgIpc) is 2.86. The second-order valence-electron chi connectivity index (χ2n) is 5.76. The number of ether oxygens (including phenoxy) is 2. The quantitative estimate of drug-likeness (QED) is 0.758. The number of thiocarbonyl (C=S) groups is 1. The largest absolute Gasteiger partial charge is 0.442 e. The van der Waals surface area contributed by atoms with Gasteiger partial charge < -0.3 is 25.4 Å². The third kappa shape index (κ3) is 3.36. The minimum atomic E-state index is -0.514. The summed E-state index contributed by atoms with van der Waals surface area (Å²) in [7, 11) is 1.64. The van der Waals surface area contributed by atoms with Crippen molar-refractivity contribution >= 4 is 34.8 Å². The third-order valence-electron chi connectivity index (χ3n) is 4.14. The topological polar surface area (TPSA) is 80.1 Å². The number of amides is 1. The van der Waals surface area contributed by atoms with Gasteiger partial charge in [-0.15, -0.1) is 0 Å². The number of nitrogens with one attached hydrogen (secondary N) is 1. The Hall–Kier alpha value is -2.13. The van der Waals surface area contributed by atoms with Crippen LogP contribution in [0, 0.1) is 5.82 Å². The van der Waals surface area contributed by atoms with Crippen LogP contribution in [0.4, 0.5) is 20.6 Å². The molecule has 24 heavy (non-hydrogen) atoms. The minimum Gasteiger partial charge on any atom is -0.442 e. The minimum absolute atomic E-state index is 0.138. The zero-order chi connectivity index (χ0) is 17.3. The maximum atomic E-state index is 14.4. The summed E-state index contributed by atoms with van der Waals surface area (Å²) in [5.41, 5.74) is 6.32. The first-order valence-electron chi connectivity index (χ1n) is 7.56. The molecule has 2 aliphatic heterocycles. The van der Waals surface area contributed by atoms with E-state index >= 15 is 0 Å². The van der Waals surface area contributed by atoms with Gasteiger partial charge in [0.05, 0.1) is 30.6 Å². The van der Waals surface area contributed by atoms with Crippen LogP contribution in [0.5, 0.6) is 0 Å². The molecule has 0 saturated carbocycles. The molecule has 0 radical (unpaired) electrons. The Labute approximate surface area is 144 Å². The van der Waals surface area contributed by atoms with Crippen LogP contribution in [-0.4, -0.2) is 56.7 Å². The van der Waals surface area contributed by atoms with Crippen LogP contribution in [-0.2, 0) is 9.47 Å². The van der Waals surface area contributed by atoms with Crippen LogP contribution in [0.25, 0.3) is 0 Å². The van der Waals surface area contributed by atoms with E-state index in [0.717, 1.165) is 0 Å². The van der Waals surface area contributed by atoms with Crippen LogP contribution in [0.2, 0.25) is 0 Å². The Bertz CT molecular complexity index is 654. The number of benzene rings is 1. The molecule has 7 nitrogen and oxygen atoms in total. The standard InChI is InChI=1S/C15H19FN4O3S/c1-22-11-6-19(7-11)13-3-2-9(4-12(13)16)20-8-10(23-15(20)21)5-18-14(17)24/h2-4,10-11H,5-8H2,1H3,(H3,17,18,24). The summed E-state index contributed by atoms with van der Waals surface area (Å²) < 4.78 is 24.8. The number of methoxy groups -OCH3 is 1. The number of carbonyl (C=O) groups is 1. The Kier molecular flexibility index (Phi) is 4.72. The number of halogens is 1. The normalized spacial score (nSPS) is 20.8. The van der Waals surface area contributed by atoms with Gasteiger partial charge in [-0.05, 0) is 30.4 Å². The van der Waals surface area contributed by atoms with Gasteiger partial charge in [0, 0.05) is 20.2 Å². The molecule has 0 aromatic heterocycles. The number of carbonyl (C=O) groups excluding carboxylic acids is 1. The summed E-state index contributed by atoms with van der Waals surface area (Å²) >= 11 is 4.72.